The van der Waals surface area contributed by atoms with Crippen LogP contribution in [-0.4, -0.2) is 21.2 Å². The minimum absolute atomic E-state index is 0.402. The number of nitrogens with one attached hydrogen (secondary N) is 1. The fourth-order valence-corrected chi connectivity index (χ4v) is 2.47. The van der Waals surface area contributed by atoms with E-state index in [4.69, 9.17) is 4.42 Å². The van der Waals surface area contributed by atoms with E-state index in [-0.39, 0.29) is 0 Å². The number of aryl methyl sites for hydroxylation is 1. The summed E-state index contributed by atoms with van der Waals surface area (Å²) in [5.74, 6) is 0.100. The zero-order valence-electron chi connectivity index (χ0n) is 9.38. The number of carbonyl (C=O) groups excluding carboxylic acids is 1. The summed E-state index contributed by atoms with van der Waals surface area (Å²) < 4.78 is 5.25. The van der Waals surface area contributed by atoms with Crippen molar-refractivity contribution in [1.82, 2.24) is 10.2 Å². The van der Waals surface area contributed by atoms with Crippen molar-refractivity contribution in [2.45, 2.75) is 23.1 Å². The van der Waals surface area contributed by atoms with Crippen molar-refractivity contribution in [3.63, 3.8) is 0 Å². The van der Waals surface area contributed by atoms with Gasteiger partial charge in [-0.05, 0) is 23.9 Å². The van der Waals surface area contributed by atoms with E-state index in [0.717, 1.165) is 4.90 Å². The van der Waals surface area contributed by atoms with Gasteiger partial charge in [-0.25, -0.2) is 0 Å². The predicted octanol–water partition coefficient (Wildman–Crippen LogP) is 1.51. The molecule has 1 aromatic heterocycles. The third-order valence-electron chi connectivity index (χ3n) is 2.54. The van der Waals surface area contributed by atoms with Crippen molar-refractivity contribution in [1.29, 1.82) is 0 Å². The lowest BCUT2D eigenvalue weighted by molar-refractivity contribution is -0.123. The van der Waals surface area contributed by atoms with Crippen LogP contribution in [0, 0.1) is 6.92 Å². The van der Waals surface area contributed by atoms with Gasteiger partial charge in [-0.2, -0.15) is 0 Å². The third-order valence-corrected chi connectivity index (χ3v) is 3.37. The summed E-state index contributed by atoms with van der Waals surface area (Å²) in [5.41, 5.74) is 1.21. The minimum atomic E-state index is -1.08. The highest BCUT2D eigenvalue weighted by Crippen LogP contribution is 2.35. The van der Waals surface area contributed by atoms with Gasteiger partial charge in [0.1, 0.15) is 0 Å². The first-order valence-corrected chi connectivity index (χ1v) is 6.06. The molecular weight excluding hydrogens is 254 g/mol. The molecular formula is C11H9N3O3S. The second-order valence-corrected chi connectivity index (χ2v) is 4.85. The van der Waals surface area contributed by atoms with Gasteiger partial charge < -0.3 is 14.8 Å². The predicted molar refractivity (Wildman–Crippen MR) is 63.2 cm³/mol. The van der Waals surface area contributed by atoms with E-state index in [2.05, 4.69) is 15.5 Å². The van der Waals surface area contributed by atoms with Crippen LogP contribution in [0.2, 0.25) is 0 Å². The van der Waals surface area contributed by atoms with E-state index in [0.29, 0.717) is 22.4 Å². The molecule has 1 atom stereocenters. The van der Waals surface area contributed by atoms with Gasteiger partial charge in [0.05, 0.1) is 0 Å². The van der Waals surface area contributed by atoms with Gasteiger partial charge in [-0.1, -0.05) is 6.07 Å². The summed E-state index contributed by atoms with van der Waals surface area (Å²) in [6.45, 7) is 1.72. The molecule has 2 N–H and O–H groups in total. The summed E-state index contributed by atoms with van der Waals surface area (Å²) in [6.07, 6.45) is -1.08. The van der Waals surface area contributed by atoms with Crippen molar-refractivity contribution in [2.75, 3.05) is 5.32 Å². The maximum Gasteiger partial charge on any atom is 0.281 e. The lowest BCUT2D eigenvalue weighted by atomic mass is 10.1. The third kappa shape index (κ3) is 1.87. The molecule has 92 valence electrons. The molecule has 2 aromatic rings. The molecule has 1 aromatic carbocycles. The number of aliphatic hydroxyl groups excluding tert-OH is 1. The van der Waals surface area contributed by atoms with Crippen LogP contribution in [0.15, 0.2) is 32.7 Å². The number of fused-ring (bicyclic) bond motifs is 1. The standard InChI is InChI=1S/C11H9N3O3S/c1-5-13-14-11(17-5)18-6-2-3-7-8(4-6)12-10(16)9(7)15/h2-4,9,15H,1H3,(H,12,16). The van der Waals surface area contributed by atoms with Crippen LogP contribution in [0.25, 0.3) is 0 Å². The molecule has 1 aliphatic rings. The number of hydrogen-bond acceptors (Lipinski definition) is 6. The van der Waals surface area contributed by atoms with Gasteiger partial charge in [0, 0.05) is 23.1 Å². The number of carbonyl (C=O) groups is 1. The molecule has 0 bridgehead atoms. The molecule has 18 heavy (non-hydrogen) atoms. The van der Waals surface area contributed by atoms with Crippen molar-refractivity contribution < 1.29 is 14.3 Å². The molecule has 2 heterocycles. The van der Waals surface area contributed by atoms with Crippen molar-refractivity contribution >= 4 is 23.4 Å². The summed E-state index contributed by atoms with van der Waals surface area (Å²) >= 11 is 1.30. The van der Waals surface area contributed by atoms with Gasteiger partial charge in [0.2, 0.25) is 5.89 Å². The molecule has 0 aliphatic carbocycles. The second kappa shape index (κ2) is 4.11. The maximum atomic E-state index is 11.3. The zero-order chi connectivity index (χ0) is 12.7. The number of benzene rings is 1. The van der Waals surface area contributed by atoms with E-state index in [9.17, 15) is 9.90 Å². The highest BCUT2D eigenvalue weighted by atomic mass is 32.2. The van der Waals surface area contributed by atoms with Crippen LogP contribution in [0.4, 0.5) is 5.69 Å². The first kappa shape index (κ1) is 11.2. The molecule has 1 aliphatic heterocycles. The Morgan fingerprint density at radius 2 is 2.28 bits per heavy atom. The van der Waals surface area contributed by atoms with E-state index in [1.165, 1.54) is 11.8 Å². The Morgan fingerprint density at radius 3 is 3.00 bits per heavy atom. The number of aromatic nitrogens is 2. The minimum Gasteiger partial charge on any atom is -0.416 e. The number of rotatable bonds is 2. The van der Waals surface area contributed by atoms with Crippen LogP contribution in [0.3, 0.4) is 0 Å². The lowest BCUT2D eigenvalue weighted by Crippen LogP contribution is -2.10. The average molecular weight is 263 g/mol. The van der Waals surface area contributed by atoms with E-state index in [1.807, 2.05) is 0 Å². The number of amides is 1. The molecule has 1 amide bonds. The topological polar surface area (TPSA) is 88.2 Å². The summed E-state index contributed by atoms with van der Waals surface area (Å²) in [6, 6.07) is 5.28. The molecule has 0 spiro atoms. The number of anilines is 1. The summed E-state index contributed by atoms with van der Waals surface area (Å²) in [4.78, 5) is 12.1. The smallest absolute Gasteiger partial charge is 0.281 e. The van der Waals surface area contributed by atoms with Crippen molar-refractivity contribution in [3.05, 3.63) is 29.7 Å². The van der Waals surface area contributed by atoms with Crippen LogP contribution in [-0.2, 0) is 4.79 Å². The lowest BCUT2D eigenvalue weighted by Gasteiger charge is -2.02. The fraction of sp³-hybridized carbons (Fsp3) is 0.182. The van der Waals surface area contributed by atoms with Crippen molar-refractivity contribution in [2.24, 2.45) is 0 Å². The molecule has 0 saturated heterocycles. The number of hydrogen-bond donors (Lipinski definition) is 2. The van der Waals surface area contributed by atoms with Crippen LogP contribution >= 0.6 is 11.8 Å². The number of nitrogens with zero attached hydrogens (tertiary/aromatic N) is 2. The Kier molecular flexibility index (Phi) is 2.57. The largest absolute Gasteiger partial charge is 0.416 e. The fourth-order valence-electron chi connectivity index (χ4n) is 1.71. The summed E-state index contributed by atoms with van der Waals surface area (Å²) in [7, 11) is 0. The maximum absolute atomic E-state index is 11.3. The molecule has 0 fully saturated rings. The zero-order valence-corrected chi connectivity index (χ0v) is 10.2. The molecule has 3 rings (SSSR count). The van der Waals surface area contributed by atoms with Gasteiger partial charge in [0.25, 0.3) is 11.1 Å². The molecule has 0 saturated carbocycles. The molecule has 6 nitrogen and oxygen atoms in total. The van der Waals surface area contributed by atoms with Gasteiger partial charge in [0.15, 0.2) is 6.10 Å². The Hall–Kier alpha value is -1.86. The SMILES string of the molecule is Cc1nnc(Sc2ccc3c(c2)NC(=O)C3O)o1. The highest BCUT2D eigenvalue weighted by molar-refractivity contribution is 7.99. The van der Waals surface area contributed by atoms with Crippen LogP contribution in [0.1, 0.15) is 17.6 Å². The molecule has 0 radical (unpaired) electrons. The van der Waals surface area contributed by atoms with E-state index < -0.39 is 12.0 Å². The quantitative estimate of drug-likeness (QED) is 0.854. The molecule has 7 heteroatoms. The van der Waals surface area contributed by atoms with Crippen LogP contribution in [0.5, 0.6) is 0 Å². The van der Waals surface area contributed by atoms with E-state index >= 15 is 0 Å². The first-order chi connectivity index (χ1) is 8.63. The number of aliphatic hydroxyl groups is 1. The van der Waals surface area contributed by atoms with Crippen molar-refractivity contribution in [3.8, 4) is 0 Å². The Morgan fingerprint density at radius 1 is 1.44 bits per heavy atom. The van der Waals surface area contributed by atoms with Crippen LogP contribution < -0.4 is 5.32 Å². The van der Waals surface area contributed by atoms with Gasteiger partial charge >= 0.3 is 0 Å². The van der Waals surface area contributed by atoms with E-state index in [1.54, 1.807) is 25.1 Å². The average Bonchev–Trinajstić information content (AvgIpc) is 2.85. The monoisotopic (exact) mass is 263 g/mol. The first-order valence-electron chi connectivity index (χ1n) is 5.24. The highest BCUT2D eigenvalue weighted by Gasteiger charge is 2.28. The molecule has 1 unspecified atom stereocenters. The Labute approximate surface area is 106 Å². The second-order valence-electron chi connectivity index (χ2n) is 3.83. The van der Waals surface area contributed by atoms with Gasteiger partial charge in [-0.15, -0.1) is 10.2 Å². The Bertz CT molecular complexity index is 626. The Balaban J connectivity index is 1.88. The summed E-state index contributed by atoms with van der Waals surface area (Å²) in [5, 5.41) is 20.2. The van der Waals surface area contributed by atoms with Gasteiger partial charge in [-0.3, -0.25) is 4.79 Å². The normalized spacial score (nSPS) is 17.7.